The summed E-state index contributed by atoms with van der Waals surface area (Å²) in [5.74, 6) is -0.385. The van der Waals surface area contributed by atoms with Gasteiger partial charge in [-0.2, -0.15) is 5.10 Å². The summed E-state index contributed by atoms with van der Waals surface area (Å²) < 4.78 is 7.06. The summed E-state index contributed by atoms with van der Waals surface area (Å²) >= 11 is 5.71. The number of aromatic nitrogens is 3. The summed E-state index contributed by atoms with van der Waals surface area (Å²) in [7, 11) is 0. The Morgan fingerprint density at radius 2 is 1.96 bits per heavy atom. The number of carbonyl (C=O) groups is 1. The highest BCUT2D eigenvalue weighted by molar-refractivity contribution is 6.29. The van der Waals surface area contributed by atoms with Crippen molar-refractivity contribution in [3.63, 3.8) is 0 Å². The standard InChI is InChI=1S/C17H14ClN3O2/c1-12-8-9-20-21(12)15-5-3-14(4-6-15)17(22)23-11-13-2-7-16(18)19-10-13/h2-10H,11H2,1H3. The second kappa shape index (κ2) is 6.62. The minimum atomic E-state index is -0.385. The molecule has 0 spiro atoms. The van der Waals surface area contributed by atoms with Crippen LogP contribution in [-0.4, -0.2) is 20.7 Å². The molecular formula is C17H14ClN3O2. The predicted molar refractivity (Wildman–Crippen MR) is 86.7 cm³/mol. The summed E-state index contributed by atoms with van der Waals surface area (Å²) in [5.41, 5.74) is 3.19. The number of nitrogens with zero attached hydrogens (tertiary/aromatic N) is 3. The lowest BCUT2D eigenvalue weighted by atomic mass is 10.2. The molecule has 0 unspecified atom stereocenters. The second-order valence-electron chi connectivity index (χ2n) is 5.00. The molecule has 6 heteroatoms. The van der Waals surface area contributed by atoms with Crippen molar-refractivity contribution < 1.29 is 9.53 Å². The largest absolute Gasteiger partial charge is 0.457 e. The predicted octanol–water partition coefficient (Wildman–Crippen LogP) is 3.59. The smallest absolute Gasteiger partial charge is 0.338 e. The number of hydrogen-bond donors (Lipinski definition) is 0. The molecule has 0 aliphatic heterocycles. The lowest BCUT2D eigenvalue weighted by Crippen LogP contribution is -2.06. The van der Waals surface area contributed by atoms with Gasteiger partial charge < -0.3 is 4.74 Å². The number of rotatable bonds is 4. The van der Waals surface area contributed by atoms with E-state index < -0.39 is 0 Å². The number of pyridine rings is 1. The van der Waals surface area contributed by atoms with Crippen LogP contribution in [0, 0.1) is 6.92 Å². The summed E-state index contributed by atoms with van der Waals surface area (Å²) in [6.07, 6.45) is 3.32. The number of esters is 1. The molecule has 3 rings (SSSR count). The Morgan fingerprint density at radius 3 is 2.57 bits per heavy atom. The van der Waals surface area contributed by atoms with Crippen LogP contribution in [0.1, 0.15) is 21.6 Å². The van der Waals surface area contributed by atoms with Gasteiger partial charge in [-0.25, -0.2) is 14.5 Å². The molecule has 3 aromatic rings. The summed E-state index contributed by atoms with van der Waals surface area (Å²) in [6, 6.07) is 12.5. The Labute approximate surface area is 138 Å². The highest BCUT2D eigenvalue weighted by Crippen LogP contribution is 2.13. The van der Waals surface area contributed by atoms with Crippen molar-refractivity contribution in [2.45, 2.75) is 13.5 Å². The van der Waals surface area contributed by atoms with E-state index in [-0.39, 0.29) is 12.6 Å². The molecule has 0 atom stereocenters. The van der Waals surface area contributed by atoms with Crippen molar-refractivity contribution in [3.05, 3.63) is 76.8 Å². The Bertz CT molecular complexity index is 811. The third-order valence-corrected chi connectivity index (χ3v) is 3.56. The summed E-state index contributed by atoms with van der Waals surface area (Å²) in [5, 5.41) is 4.63. The molecule has 0 aliphatic carbocycles. The molecule has 0 fully saturated rings. The second-order valence-corrected chi connectivity index (χ2v) is 5.38. The van der Waals surface area contributed by atoms with E-state index in [9.17, 15) is 4.79 Å². The van der Waals surface area contributed by atoms with Gasteiger partial charge in [0.1, 0.15) is 11.8 Å². The van der Waals surface area contributed by atoms with Crippen LogP contribution in [0.4, 0.5) is 0 Å². The van der Waals surface area contributed by atoms with E-state index in [1.807, 2.05) is 25.1 Å². The summed E-state index contributed by atoms with van der Waals surface area (Å²) in [6.45, 7) is 2.12. The van der Waals surface area contributed by atoms with Gasteiger partial charge in [0.25, 0.3) is 0 Å². The van der Waals surface area contributed by atoms with Crippen molar-refractivity contribution in [1.82, 2.24) is 14.8 Å². The third kappa shape index (κ3) is 3.57. The van der Waals surface area contributed by atoms with Gasteiger partial charge in [-0.3, -0.25) is 0 Å². The zero-order chi connectivity index (χ0) is 16.2. The van der Waals surface area contributed by atoms with Crippen molar-refractivity contribution in [2.24, 2.45) is 0 Å². The monoisotopic (exact) mass is 327 g/mol. The van der Waals surface area contributed by atoms with Gasteiger partial charge in [0, 0.05) is 23.7 Å². The quantitative estimate of drug-likeness (QED) is 0.543. The van der Waals surface area contributed by atoms with Gasteiger partial charge in [-0.1, -0.05) is 17.7 Å². The first-order valence-electron chi connectivity index (χ1n) is 7.02. The zero-order valence-corrected chi connectivity index (χ0v) is 13.2. The Morgan fingerprint density at radius 1 is 1.17 bits per heavy atom. The van der Waals surface area contributed by atoms with E-state index in [0.29, 0.717) is 10.7 Å². The van der Waals surface area contributed by atoms with Crippen LogP contribution in [0.2, 0.25) is 5.15 Å². The third-order valence-electron chi connectivity index (χ3n) is 3.34. The maximum Gasteiger partial charge on any atom is 0.338 e. The molecule has 23 heavy (non-hydrogen) atoms. The minimum absolute atomic E-state index is 0.156. The number of aryl methyl sites for hydroxylation is 1. The fourth-order valence-electron chi connectivity index (χ4n) is 2.10. The van der Waals surface area contributed by atoms with E-state index in [1.165, 1.54) is 0 Å². The Balaban J connectivity index is 1.66. The molecule has 0 saturated heterocycles. The highest BCUT2D eigenvalue weighted by atomic mass is 35.5. The van der Waals surface area contributed by atoms with Gasteiger partial charge in [0.15, 0.2) is 0 Å². The van der Waals surface area contributed by atoms with E-state index in [2.05, 4.69) is 10.1 Å². The molecule has 2 heterocycles. The first-order chi connectivity index (χ1) is 11.1. The SMILES string of the molecule is Cc1ccnn1-c1ccc(C(=O)OCc2ccc(Cl)nc2)cc1. The first kappa shape index (κ1) is 15.2. The number of halogens is 1. The zero-order valence-electron chi connectivity index (χ0n) is 12.4. The molecule has 1 aromatic carbocycles. The van der Waals surface area contributed by atoms with Gasteiger partial charge in [0.2, 0.25) is 0 Å². The van der Waals surface area contributed by atoms with Crippen LogP contribution in [0.15, 0.2) is 54.9 Å². The average molecular weight is 328 g/mol. The Kier molecular flexibility index (Phi) is 4.39. The number of ether oxygens (including phenoxy) is 1. The lowest BCUT2D eigenvalue weighted by molar-refractivity contribution is 0.0472. The van der Waals surface area contributed by atoms with Gasteiger partial charge in [-0.15, -0.1) is 0 Å². The van der Waals surface area contributed by atoms with Crippen LogP contribution in [-0.2, 0) is 11.3 Å². The molecule has 5 nitrogen and oxygen atoms in total. The van der Waals surface area contributed by atoms with Crippen molar-refractivity contribution in [1.29, 1.82) is 0 Å². The number of carbonyl (C=O) groups excluding carboxylic acids is 1. The lowest BCUT2D eigenvalue weighted by Gasteiger charge is -2.07. The van der Waals surface area contributed by atoms with E-state index in [0.717, 1.165) is 16.9 Å². The minimum Gasteiger partial charge on any atom is -0.457 e. The van der Waals surface area contributed by atoms with E-state index in [1.54, 1.807) is 41.3 Å². The van der Waals surface area contributed by atoms with Crippen LogP contribution in [0.5, 0.6) is 0 Å². The van der Waals surface area contributed by atoms with Crippen molar-refractivity contribution in [3.8, 4) is 5.69 Å². The number of benzene rings is 1. The molecule has 116 valence electrons. The average Bonchev–Trinajstić information content (AvgIpc) is 3.00. The molecular weight excluding hydrogens is 314 g/mol. The van der Waals surface area contributed by atoms with Crippen LogP contribution in [0.3, 0.4) is 0 Å². The van der Waals surface area contributed by atoms with Crippen LogP contribution in [0.25, 0.3) is 5.69 Å². The maximum atomic E-state index is 12.1. The normalized spacial score (nSPS) is 10.5. The highest BCUT2D eigenvalue weighted by Gasteiger charge is 2.09. The van der Waals surface area contributed by atoms with Crippen LogP contribution >= 0.6 is 11.6 Å². The molecule has 0 aliphatic rings. The van der Waals surface area contributed by atoms with Crippen LogP contribution < -0.4 is 0 Å². The molecule has 0 bridgehead atoms. The first-order valence-corrected chi connectivity index (χ1v) is 7.40. The maximum absolute atomic E-state index is 12.1. The number of hydrogen-bond acceptors (Lipinski definition) is 4. The van der Waals surface area contributed by atoms with Gasteiger partial charge in [-0.05, 0) is 43.3 Å². The van der Waals surface area contributed by atoms with Gasteiger partial charge >= 0.3 is 5.97 Å². The molecule has 0 saturated carbocycles. The molecule has 0 amide bonds. The summed E-state index contributed by atoms with van der Waals surface area (Å²) in [4.78, 5) is 16.0. The fourth-order valence-corrected chi connectivity index (χ4v) is 2.21. The van der Waals surface area contributed by atoms with Crippen molar-refractivity contribution in [2.75, 3.05) is 0 Å². The van der Waals surface area contributed by atoms with Crippen molar-refractivity contribution >= 4 is 17.6 Å². The molecule has 0 radical (unpaired) electrons. The van der Waals surface area contributed by atoms with E-state index in [4.69, 9.17) is 16.3 Å². The fraction of sp³-hybridized carbons (Fsp3) is 0.118. The van der Waals surface area contributed by atoms with Gasteiger partial charge in [0.05, 0.1) is 11.3 Å². The topological polar surface area (TPSA) is 57.0 Å². The molecule has 0 N–H and O–H groups in total. The van der Waals surface area contributed by atoms with E-state index >= 15 is 0 Å². The Hall–Kier alpha value is -2.66. The molecule has 2 aromatic heterocycles.